The van der Waals surface area contributed by atoms with Gasteiger partial charge in [0.2, 0.25) is 0 Å². The number of rotatable bonds is 9. The van der Waals surface area contributed by atoms with E-state index in [-0.39, 0.29) is 18.3 Å². The van der Waals surface area contributed by atoms with E-state index in [1.807, 2.05) is 173 Å². The summed E-state index contributed by atoms with van der Waals surface area (Å²) >= 11 is 16.3. The van der Waals surface area contributed by atoms with Gasteiger partial charge >= 0.3 is 359 Å². The zero-order valence-corrected chi connectivity index (χ0v) is 71.9. The van der Waals surface area contributed by atoms with Crippen LogP contribution in [-0.4, -0.2) is 99.4 Å². The fourth-order valence-electron chi connectivity index (χ4n) is 6.93. The van der Waals surface area contributed by atoms with Crippen molar-refractivity contribution in [1.29, 1.82) is 0 Å². The van der Waals surface area contributed by atoms with Crippen molar-refractivity contribution in [3.05, 3.63) is 204 Å². The summed E-state index contributed by atoms with van der Waals surface area (Å²) < 4.78 is 30.6. The van der Waals surface area contributed by atoms with Gasteiger partial charge in [-0.3, -0.25) is 15.0 Å². The van der Waals surface area contributed by atoms with Crippen molar-refractivity contribution in [2.75, 3.05) is 0 Å². The molecule has 1 saturated heterocycles. The Labute approximate surface area is 621 Å². The maximum Gasteiger partial charge on any atom is 0.496 e. The van der Waals surface area contributed by atoms with Gasteiger partial charge in [-0.15, -0.1) is 0 Å². The maximum absolute atomic E-state index is 11.8. The molecule has 9 heterocycles. The average molecular weight is 2060 g/mol. The van der Waals surface area contributed by atoms with Crippen LogP contribution in [0.15, 0.2) is 143 Å². The molecule has 0 spiro atoms. The quantitative estimate of drug-likeness (QED) is 0.0712. The Morgan fingerprint density at radius 3 is 1.43 bits per heavy atom. The van der Waals surface area contributed by atoms with E-state index in [9.17, 15) is 4.79 Å². The monoisotopic (exact) mass is 2060 g/mol. The van der Waals surface area contributed by atoms with Gasteiger partial charge in [0.1, 0.15) is 0 Å². The van der Waals surface area contributed by atoms with Crippen LogP contribution in [0.4, 0.5) is 4.79 Å². The molecule has 23 heteroatoms. The summed E-state index contributed by atoms with van der Waals surface area (Å²) in [7, 11) is 0.516. The third kappa shape index (κ3) is 35.7. The molecule has 0 bridgehead atoms. The van der Waals surface area contributed by atoms with Gasteiger partial charge < -0.3 is 19.4 Å². The first-order valence-electron chi connectivity index (χ1n) is 29.3. The van der Waals surface area contributed by atoms with Crippen molar-refractivity contribution in [3.8, 4) is 22.3 Å². The van der Waals surface area contributed by atoms with E-state index in [1.165, 1.54) is 91.7 Å². The van der Waals surface area contributed by atoms with Crippen LogP contribution in [0.1, 0.15) is 129 Å². The molecule has 1 fully saturated rings. The number of allylic oxidation sites excluding steroid dienone is 3. The van der Waals surface area contributed by atoms with Crippen molar-refractivity contribution in [2.24, 2.45) is 7.05 Å². The third-order valence-corrected chi connectivity index (χ3v) is 15.1. The normalized spacial score (nSPS) is 12.1. The number of carbonyl (C=O) groups is 1. The first-order chi connectivity index (χ1) is 43.5. The SMILES string of the molecule is Brc1cncc(Br)c1.CB(O)O.CC.CC.CC.CC(C)(C)OC(=O)n1[c-]c(C=C[CH]=[W])c(I)c1.Cc1cncc(-c2c[nH][c-]c2C=C[CH]=[W])c1.Cc1cncc(-c2cn(C)[c-]c2C=C[CH]=[W])c1.Cc1cncc(B2OC(C)(C)C(C)(C)O2)c1.Cc1cncc(Br)c1. The van der Waals surface area contributed by atoms with Crippen LogP contribution in [0, 0.1) is 49.9 Å². The molecule has 14 nitrogen and oxygen atoms in total. The van der Waals surface area contributed by atoms with Gasteiger partial charge in [0.05, 0.1) is 11.2 Å². The average Bonchev–Trinajstić information content (AvgIpc) is 1.63. The van der Waals surface area contributed by atoms with E-state index in [2.05, 4.69) is 205 Å². The number of pyridine rings is 5. The molecule has 0 atom stereocenters. The van der Waals surface area contributed by atoms with Crippen LogP contribution < -0.4 is 5.46 Å². The number of hydrogen-bond donors (Lipinski definition) is 3. The van der Waals surface area contributed by atoms with Gasteiger partial charge in [-0.2, -0.15) is 0 Å². The standard InChI is InChI=1S/C14H13N2.C13H11N2.C12H18BNO2.C12H13INO2.C6H6BrN.C5H3Br2N.3C2H6.CH5BO2.3W/c1-4-5-12-9-16(3)10-14(12)13-6-11(2)7-15-8-13;1-3-4-11-7-15-9-13(11)12-5-10(2)6-14-8-12;1-9-6-10(8-14-7-9)13-15-11(2,3)12(4,5)16-13;1-5-6-9-7-14(8-10(9)13)11(15)16-12(2,3)4;1-5-2-6(7)4-8-3-5;6-4-1-5(7)3-8-2-4;3*1-2;1-2(3)4;;;/h1,4-8,10H,2-3H3;1,3-6,8-9,15H,2H3;6-8H,1-5H3;1,5-6,8H,2-4H3;2-4H,1H3;1-3H;3*1-2H3;3-4H,1H3;;;/q2*-1;;-1;;;;;;;;;. The molecule has 1 aliphatic heterocycles. The number of nitrogens with one attached hydrogen (secondary N) is 1. The van der Waals surface area contributed by atoms with E-state index < -0.39 is 18.8 Å². The second-order valence-corrected chi connectivity index (χ2v) is 27.6. The van der Waals surface area contributed by atoms with Crippen LogP contribution in [0.2, 0.25) is 6.82 Å². The van der Waals surface area contributed by atoms with Crippen LogP contribution in [0.5, 0.6) is 0 Å². The summed E-state index contributed by atoms with van der Waals surface area (Å²) in [5.41, 5.74) is 12.2. The Morgan fingerprint density at radius 1 is 0.630 bits per heavy atom. The fourth-order valence-corrected chi connectivity index (χ4v) is 9.87. The van der Waals surface area contributed by atoms with Crippen LogP contribution in [0.25, 0.3) is 40.5 Å². The number of halogens is 4. The predicted octanol–water partition coefficient (Wildman–Crippen LogP) is 16.8. The van der Waals surface area contributed by atoms with Gasteiger partial charge in [0.15, 0.2) is 0 Å². The zero-order chi connectivity index (χ0) is 70.2. The molecule has 92 heavy (non-hydrogen) atoms. The number of H-pyrrole nitrogens is 1. The second-order valence-electron chi connectivity index (χ2n) is 20.8. The molecule has 0 aromatic carbocycles. The minimum Gasteiger partial charge on any atom is -0.399 e. The van der Waals surface area contributed by atoms with E-state index in [1.54, 1.807) is 31.0 Å². The summed E-state index contributed by atoms with van der Waals surface area (Å²) in [6.45, 7) is 35.1. The molecule has 0 radical (unpaired) electrons. The van der Waals surface area contributed by atoms with Gasteiger partial charge in [-0.05, 0) is 119 Å². The largest absolute Gasteiger partial charge is 0.496 e. The molecule has 8 aromatic heterocycles. The van der Waals surface area contributed by atoms with Gasteiger partial charge in [0, 0.05) is 56.1 Å². The topological polar surface area (TPSA) is 175 Å². The molecule has 8 aromatic rings. The number of aromatic amines is 1. The predicted molar refractivity (Wildman–Crippen MR) is 394 cm³/mol. The molecule has 0 saturated carbocycles. The minimum absolute atomic E-state index is 0.290. The molecule has 494 valence electrons. The Balaban J connectivity index is 0.00000107. The van der Waals surface area contributed by atoms with E-state index in [4.69, 9.17) is 24.1 Å². The zero-order valence-electron chi connectivity index (χ0n) is 56.1. The number of hydrogen-bond acceptors (Lipinski definition) is 11. The fraction of sp³-hybridized carbons (Fsp3) is 0.319. The molecule has 0 amide bonds. The van der Waals surface area contributed by atoms with Crippen molar-refractivity contribution >= 4 is 128 Å². The number of aromatic nitrogens is 8. The van der Waals surface area contributed by atoms with Crippen molar-refractivity contribution in [2.45, 2.75) is 141 Å². The van der Waals surface area contributed by atoms with Crippen molar-refractivity contribution in [1.82, 2.24) is 39.0 Å². The molecule has 1 aliphatic rings. The molecular weight excluding hydrogens is 1980 g/mol. The van der Waals surface area contributed by atoms with E-state index in [0.29, 0.717) is 0 Å². The van der Waals surface area contributed by atoms with Gasteiger partial charge in [-0.1, -0.05) is 47.6 Å². The molecule has 9 rings (SSSR count). The number of ether oxygens (including phenoxy) is 1. The van der Waals surface area contributed by atoms with Crippen LogP contribution >= 0.6 is 70.4 Å². The molecular formula is C69H87B2Br3IN8O6W3-3. The number of carbonyl (C=O) groups excluding carboxylic acids is 1. The van der Waals surface area contributed by atoms with Crippen molar-refractivity contribution in [3.63, 3.8) is 0 Å². The smallest absolute Gasteiger partial charge is 0.399 e. The summed E-state index contributed by atoms with van der Waals surface area (Å²) in [4.78, 5) is 35.2. The van der Waals surface area contributed by atoms with Crippen LogP contribution in [-0.2, 0) is 79.2 Å². The summed E-state index contributed by atoms with van der Waals surface area (Å²) in [6, 6.07) is 10.3. The number of aryl methyl sites for hydroxylation is 5. The summed E-state index contributed by atoms with van der Waals surface area (Å²) in [5, 5.41) is 15.2. The molecule has 0 aliphatic carbocycles. The second kappa shape index (κ2) is 47.9. The Hall–Kier alpha value is -3.91. The van der Waals surface area contributed by atoms with E-state index in [0.717, 1.165) is 61.4 Å². The van der Waals surface area contributed by atoms with Crippen LogP contribution in [0.3, 0.4) is 0 Å². The number of nitrogens with zero attached hydrogens (tertiary/aromatic N) is 7. The summed E-state index contributed by atoms with van der Waals surface area (Å²) in [5.74, 6) is 0. The van der Waals surface area contributed by atoms with E-state index >= 15 is 0 Å². The Bertz CT molecular complexity index is 3460. The first-order valence-corrected chi connectivity index (χ1v) is 37.9. The van der Waals surface area contributed by atoms with Crippen molar-refractivity contribution < 1.29 is 86.9 Å². The van der Waals surface area contributed by atoms with Gasteiger partial charge in [0.25, 0.3) is 0 Å². The van der Waals surface area contributed by atoms with Gasteiger partial charge in [-0.25, -0.2) is 0 Å². The maximum atomic E-state index is 11.8. The third-order valence-electron chi connectivity index (χ3n) is 11.3. The Kier molecular flexibility index (Phi) is 45.9. The Morgan fingerprint density at radius 2 is 1.03 bits per heavy atom. The molecule has 3 N–H and O–H groups in total. The summed E-state index contributed by atoms with van der Waals surface area (Å²) in [6.07, 6.45) is 45.1. The molecule has 0 unspecified atom stereocenters. The first kappa shape index (κ1) is 88.1. The minimum atomic E-state index is -1.17.